The number of piperazine rings is 1. The Morgan fingerprint density at radius 3 is 2.56 bits per heavy atom. The van der Waals surface area contributed by atoms with E-state index in [1.165, 1.54) is 4.88 Å². The van der Waals surface area contributed by atoms with Gasteiger partial charge >= 0.3 is 0 Å². The molecule has 1 amide bonds. The lowest BCUT2D eigenvalue weighted by molar-refractivity contribution is -0.132. The standard InChI is InChI=1S/C21H28N2O3S/c1-25-18-6-7-20(26-2)17(16-18)5-8-21(24)23-13-11-22(12-14-23)10-9-19-4-3-15-27-19/h3-4,6-7,15-16H,5,8-14H2,1-2H3. The Bertz CT molecular complexity index is 725. The molecule has 1 aliphatic heterocycles. The zero-order valence-electron chi connectivity index (χ0n) is 16.1. The second kappa shape index (κ2) is 9.76. The number of amides is 1. The maximum atomic E-state index is 12.6. The van der Waals surface area contributed by atoms with Crippen molar-refractivity contribution in [3.8, 4) is 11.5 Å². The minimum Gasteiger partial charge on any atom is -0.497 e. The lowest BCUT2D eigenvalue weighted by atomic mass is 10.1. The van der Waals surface area contributed by atoms with Crippen LogP contribution < -0.4 is 9.47 Å². The third-order valence-electron chi connectivity index (χ3n) is 5.08. The van der Waals surface area contributed by atoms with Crippen LogP contribution in [-0.4, -0.2) is 62.7 Å². The molecule has 2 heterocycles. The average molecular weight is 389 g/mol. The summed E-state index contributed by atoms with van der Waals surface area (Å²) in [5.74, 6) is 1.82. The van der Waals surface area contributed by atoms with Gasteiger partial charge in [-0.05, 0) is 48.1 Å². The number of aryl methyl sites for hydroxylation is 1. The van der Waals surface area contributed by atoms with E-state index in [9.17, 15) is 4.79 Å². The Balaban J connectivity index is 1.44. The van der Waals surface area contributed by atoms with E-state index >= 15 is 0 Å². The van der Waals surface area contributed by atoms with Crippen molar-refractivity contribution < 1.29 is 14.3 Å². The van der Waals surface area contributed by atoms with Crippen molar-refractivity contribution in [2.24, 2.45) is 0 Å². The van der Waals surface area contributed by atoms with Gasteiger partial charge in [-0.2, -0.15) is 0 Å². The monoisotopic (exact) mass is 388 g/mol. The summed E-state index contributed by atoms with van der Waals surface area (Å²) in [4.78, 5) is 18.5. The Labute approximate surface area is 165 Å². The molecule has 3 rings (SSSR count). The van der Waals surface area contributed by atoms with Crippen LogP contribution in [0.1, 0.15) is 16.9 Å². The Hall–Kier alpha value is -2.05. The summed E-state index contributed by atoms with van der Waals surface area (Å²) in [7, 11) is 3.30. The summed E-state index contributed by atoms with van der Waals surface area (Å²) in [6, 6.07) is 10.0. The Morgan fingerprint density at radius 1 is 1.07 bits per heavy atom. The van der Waals surface area contributed by atoms with Crippen LogP contribution >= 0.6 is 11.3 Å². The highest BCUT2D eigenvalue weighted by molar-refractivity contribution is 7.09. The van der Waals surface area contributed by atoms with E-state index < -0.39 is 0 Å². The quantitative estimate of drug-likeness (QED) is 0.697. The number of hydrogen-bond acceptors (Lipinski definition) is 5. The molecule has 1 fully saturated rings. The third-order valence-corrected chi connectivity index (χ3v) is 6.01. The van der Waals surface area contributed by atoms with Crippen molar-refractivity contribution in [2.45, 2.75) is 19.3 Å². The van der Waals surface area contributed by atoms with Gasteiger partial charge < -0.3 is 14.4 Å². The number of nitrogens with zero attached hydrogens (tertiary/aromatic N) is 2. The molecule has 0 saturated carbocycles. The molecule has 1 aliphatic rings. The summed E-state index contributed by atoms with van der Waals surface area (Å²) in [6.45, 7) is 4.62. The number of thiophene rings is 1. The topological polar surface area (TPSA) is 42.0 Å². The van der Waals surface area contributed by atoms with Gasteiger partial charge in [-0.3, -0.25) is 9.69 Å². The Kier molecular flexibility index (Phi) is 7.12. The van der Waals surface area contributed by atoms with E-state index in [1.807, 2.05) is 34.4 Å². The largest absolute Gasteiger partial charge is 0.497 e. The average Bonchev–Trinajstić information content (AvgIpc) is 3.24. The van der Waals surface area contributed by atoms with Crippen LogP contribution in [0.25, 0.3) is 0 Å². The second-order valence-corrected chi connectivity index (χ2v) is 7.76. The van der Waals surface area contributed by atoms with Crippen LogP contribution in [0.5, 0.6) is 11.5 Å². The summed E-state index contributed by atoms with van der Waals surface area (Å²) < 4.78 is 10.7. The fraction of sp³-hybridized carbons (Fsp3) is 0.476. The van der Waals surface area contributed by atoms with Crippen molar-refractivity contribution in [3.05, 3.63) is 46.2 Å². The lowest BCUT2D eigenvalue weighted by Gasteiger charge is -2.34. The molecule has 27 heavy (non-hydrogen) atoms. The zero-order chi connectivity index (χ0) is 19.1. The van der Waals surface area contributed by atoms with Crippen molar-refractivity contribution in [2.75, 3.05) is 46.9 Å². The first-order valence-corrected chi connectivity index (χ1v) is 10.3. The first kappa shape index (κ1) is 19.7. The summed E-state index contributed by atoms with van der Waals surface area (Å²) >= 11 is 1.82. The number of benzene rings is 1. The van der Waals surface area contributed by atoms with Gasteiger partial charge in [0.05, 0.1) is 14.2 Å². The molecule has 6 heteroatoms. The molecule has 146 valence electrons. The third kappa shape index (κ3) is 5.47. The molecule has 5 nitrogen and oxygen atoms in total. The molecule has 0 radical (unpaired) electrons. The fourth-order valence-corrected chi connectivity index (χ4v) is 4.12. The van der Waals surface area contributed by atoms with E-state index in [0.29, 0.717) is 12.8 Å². The van der Waals surface area contributed by atoms with Crippen molar-refractivity contribution >= 4 is 17.2 Å². The molecule has 0 unspecified atom stereocenters. The highest BCUT2D eigenvalue weighted by Crippen LogP contribution is 2.25. The van der Waals surface area contributed by atoms with Gasteiger partial charge in [0, 0.05) is 44.0 Å². The molecule has 0 N–H and O–H groups in total. The minimum atomic E-state index is 0.220. The van der Waals surface area contributed by atoms with E-state index in [0.717, 1.165) is 56.2 Å². The zero-order valence-corrected chi connectivity index (χ0v) is 17.0. The fourth-order valence-electron chi connectivity index (χ4n) is 3.42. The van der Waals surface area contributed by atoms with E-state index in [4.69, 9.17) is 9.47 Å². The first-order valence-electron chi connectivity index (χ1n) is 9.43. The minimum absolute atomic E-state index is 0.220. The Morgan fingerprint density at radius 2 is 1.89 bits per heavy atom. The smallest absolute Gasteiger partial charge is 0.222 e. The number of carbonyl (C=O) groups excluding carboxylic acids is 1. The number of carbonyl (C=O) groups is 1. The molecule has 0 bridgehead atoms. The van der Waals surface area contributed by atoms with E-state index in [1.54, 1.807) is 14.2 Å². The predicted molar refractivity (Wildman–Crippen MR) is 109 cm³/mol. The lowest BCUT2D eigenvalue weighted by Crippen LogP contribution is -2.49. The SMILES string of the molecule is COc1ccc(OC)c(CCC(=O)N2CCN(CCc3cccs3)CC2)c1. The van der Waals surface area contributed by atoms with Crippen molar-refractivity contribution in [1.82, 2.24) is 9.80 Å². The van der Waals surface area contributed by atoms with Gasteiger partial charge in [-0.1, -0.05) is 6.07 Å². The molecule has 0 spiro atoms. The van der Waals surface area contributed by atoms with Crippen LogP contribution in [0, 0.1) is 0 Å². The van der Waals surface area contributed by atoms with Crippen LogP contribution in [0.15, 0.2) is 35.7 Å². The van der Waals surface area contributed by atoms with E-state index in [2.05, 4.69) is 22.4 Å². The van der Waals surface area contributed by atoms with Gasteiger partial charge in [0.2, 0.25) is 5.91 Å². The van der Waals surface area contributed by atoms with Crippen LogP contribution in [0.3, 0.4) is 0 Å². The van der Waals surface area contributed by atoms with Gasteiger partial charge in [0.1, 0.15) is 11.5 Å². The molecule has 1 saturated heterocycles. The molecular formula is C21H28N2O3S. The summed E-state index contributed by atoms with van der Waals surface area (Å²) in [5, 5.41) is 2.13. The summed E-state index contributed by atoms with van der Waals surface area (Å²) in [5.41, 5.74) is 1.01. The maximum absolute atomic E-state index is 12.6. The van der Waals surface area contributed by atoms with Gasteiger partial charge in [0.25, 0.3) is 0 Å². The highest BCUT2D eigenvalue weighted by Gasteiger charge is 2.21. The highest BCUT2D eigenvalue weighted by atomic mass is 32.1. The number of methoxy groups -OCH3 is 2. The van der Waals surface area contributed by atoms with Crippen molar-refractivity contribution in [1.29, 1.82) is 0 Å². The molecule has 1 aromatic carbocycles. The van der Waals surface area contributed by atoms with Crippen LogP contribution in [-0.2, 0) is 17.6 Å². The molecule has 0 aliphatic carbocycles. The van der Waals surface area contributed by atoms with Crippen LogP contribution in [0.4, 0.5) is 0 Å². The predicted octanol–water partition coefficient (Wildman–Crippen LogP) is 3.08. The molecule has 0 atom stereocenters. The van der Waals surface area contributed by atoms with Gasteiger partial charge in [-0.25, -0.2) is 0 Å². The normalized spacial score (nSPS) is 15.0. The number of hydrogen-bond donors (Lipinski definition) is 0. The molecular weight excluding hydrogens is 360 g/mol. The number of ether oxygens (including phenoxy) is 2. The summed E-state index contributed by atoms with van der Waals surface area (Å²) in [6.07, 6.45) is 2.26. The number of rotatable bonds is 8. The van der Waals surface area contributed by atoms with Gasteiger partial charge in [-0.15, -0.1) is 11.3 Å². The maximum Gasteiger partial charge on any atom is 0.222 e. The molecule has 1 aromatic heterocycles. The van der Waals surface area contributed by atoms with E-state index in [-0.39, 0.29) is 5.91 Å². The van der Waals surface area contributed by atoms with Gasteiger partial charge in [0.15, 0.2) is 0 Å². The first-order chi connectivity index (χ1) is 13.2. The van der Waals surface area contributed by atoms with Crippen molar-refractivity contribution in [3.63, 3.8) is 0 Å². The van der Waals surface area contributed by atoms with Crippen LogP contribution in [0.2, 0.25) is 0 Å². The molecule has 2 aromatic rings. The second-order valence-electron chi connectivity index (χ2n) is 6.73.